The van der Waals surface area contributed by atoms with E-state index in [-0.39, 0.29) is 29.3 Å². The Morgan fingerprint density at radius 2 is 1.83 bits per heavy atom. The predicted octanol–water partition coefficient (Wildman–Crippen LogP) is 4.98. The molecule has 1 N–H and O–H groups in total. The van der Waals surface area contributed by atoms with Crippen LogP contribution in [0.5, 0.6) is 0 Å². The Bertz CT molecular complexity index is 1510. The smallest absolute Gasteiger partial charge is 0.350 e. The molecule has 36 heavy (non-hydrogen) atoms. The summed E-state index contributed by atoms with van der Waals surface area (Å²) < 4.78 is 57.0. The molecule has 1 heterocycles. The van der Waals surface area contributed by atoms with Gasteiger partial charge in [-0.05, 0) is 49.2 Å². The van der Waals surface area contributed by atoms with Crippen LogP contribution in [0.4, 0.5) is 13.2 Å². The molecule has 3 aromatic rings. The summed E-state index contributed by atoms with van der Waals surface area (Å²) in [5.41, 5.74) is -1.13. The summed E-state index contributed by atoms with van der Waals surface area (Å²) in [7, 11) is -2.85. The van der Waals surface area contributed by atoms with Crippen LogP contribution in [-0.2, 0) is 22.5 Å². The lowest BCUT2D eigenvalue weighted by Gasteiger charge is -2.16. The van der Waals surface area contributed by atoms with E-state index < -0.39 is 32.8 Å². The maximum absolute atomic E-state index is 13.2. The molecule has 1 unspecified atom stereocenters. The van der Waals surface area contributed by atoms with Crippen molar-refractivity contribution in [3.63, 3.8) is 0 Å². The van der Waals surface area contributed by atoms with E-state index in [4.69, 9.17) is 5.26 Å². The molecule has 7 nitrogen and oxygen atoms in total. The van der Waals surface area contributed by atoms with Crippen LogP contribution in [0.25, 0.3) is 11.1 Å². The summed E-state index contributed by atoms with van der Waals surface area (Å²) in [5.74, 6) is -0.689. The molecule has 1 atom stereocenters. The van der Waals surface area contributed by atoms with Crippen molar-refractivity contribution < 1.29 is 22.2 Å². The Hall–Kier alpha value is -3.91. The normalized spacial score (nSPS) is 13.1. The van der Waals surface area contributed by atoms with Crippen LogP contribution < -0.4 is 10.7 Å². The highest BCUT2D eigenvalue weighted by molar-refractivity contribution is 7.93. The highest BCUT2D eigenvalue weighted by Gasteiger charge is 2.30. The van der Waals surface area contributed by atoms with Crippen LogP contribution >= 0.6 is 0 Å². The summed E-state index contributed by atoms with van der Waals surface area (Å²) in [4.78, 5) is 26.4. The zero-order valence-electron chi connectivity index (χ0n) is 19.7. The molecule has 11 heteroatoms. The fourth-order valence-electron chi connectivity index (χ4n) is 3.39. The molecule has 0 spiro atoms. The number of alkyl halides is 3. The minimum absolute atomic E-state index is 0.0225. The van der Waals surface area contributed by atoms with Crippen LogP contribution in [0.1, 0.15) is 41.4 Å². The predicted molar refractivity (Wildman–Crippen MR) is 130 cm³/mol. The minimum atomic E-state index is -4.58. The summed E-state index contributed by atoms with van der Waals surface area (Å²) in [5, 5.41) is 11.3. The SMILES string of the molecule is CC(C)n1cc(C(=O)NCc2ccc(S(C)(=O)=NC#N)cc2)c(=O)c(-c2cccc(C(F)(F)F)c2)c1. The minimum Gasteiger partial charge on any atom is -0.350 e. The number of nitriles is 1. The molecule has 0 fully saturated rings. The first-order valence-corrected chi connectivity index (χ1v) is 12.7. The number of hydrogen-bond acceptors (Lipinski definition) is 5. The molecule has 0 aliphatic carbocycles. The van der Waals surface area contributed by atoms with E-state index >= 15 is 0 Å². The van der Waals surface area contributed by atoms with Crippen molar-refractivity contribution in [3.8, 4) is 17.3 Å². The third-order valence-corrected chi connectivity index (χ3v) is 6.99. The summed E-state index contributed by atoms with van der Waals surface area (Å²) in [6, 6.07) is 10.5. The number of amides is 1. The average Bonchev–Trinajstić information content (AvgIpc) is 2.82. The molecule has 0 saturated carbocycles. The van der Waals surface area contributed by atoms with Crippen LogP contribution in [0.3, 0.4) is 0 Å². The molecule has 0 saturated heterocycles. The van der Waals surface area contributed by atoms with Crippen molar-refractivity contribution in [1.29, 1.82) is 5.26 Å². The van der Waals surface area contributed by atoms with Gasteiger partial charge in [0.25, 0.3) is 5.91 Å². The first kappa shape index (κ1) is 26.7. The first-order valence-electron chi connectivity index (χ1n) is 10.7. The van der Waals surface area contributed by atoms with E-state index in [1.165, 1.54) is 49.1 Å². The van der Waals surface area contributed by atoms with E-state index in [0.717, 1.165) is 12.1 Å². The van der Waals surface area contributed by atoms with Crippen LogP contribution in [-0.4, -0.2) is 20.9 Å². The Morgan fingerprint density at radius 3 is 2.42 bits per heavy atom. The lowest BCUT2D eigenvalue weighted by atomic mass is 10.0. The molecule has 0 radical (unpaired) electrons. The Labute approximate surface area is 206 Å². The Morgan fingerprint density at radius 1 is 1.17 bits per heavy atom. The van der Waals surface area contributed by atoms with Crippen LogP contribution in [0, 0.1) is 11.5 Å². The lowest BCUT2D eigenvalue weighted by molar-refractivity contribution is -0.137. The number of carbonyl (C=O) groups excluding carboxylic acids is 1. The van der Waals surface area contributed by atoms with Gasteiger partial charge in [-0.2, -0.15) is 18.4 Å². The third-order valence-electron chi connectivity index (χ3n) is 5.42. The lowest BCUT2D eigenvalue weighted by Crippen LogP contribution is -2.30. The summed E-state index contributed by atoms with van der Waals surface area (Å²) in [6.45, 7) is 3.66. The van der Waals surface area contributed by atoms with Crippen LogP contribution in [0.15, 0.2) is 75.0 Å². The number of nitrogens with one attached hydrogen (secondary N) is 1. The topological polar surface area (TPSA) is 104 Å². The van der Waals surface area contributed by atoms with Crippen molar-refractivity contribution in [2.75, 3.05) is 6.26 Å². The Kier molecular flexibility index (Phi) is 7.69. The van der Waals surface area contributed by atoms with Gasteiger partial charge in [0.2, 0.25) is 11.6 Å². The van der Waals surface area contributed by atoms with Gasteiger partial charge in [0.15, 0.2) is 0 Å². The molecular weight excluding hydrogens is 493 g/mol. The maximum Gasteiger partial charge on any atom is 0.416 e. The fourth-order valence-corrected chi connectivity index (χ4v) is 4.30. The number of benzene rings is 2. The van der Waals surface area contributed by atoms with E-state index in [1.807, 2.05) is 13.8 Å². The van der Waals surface area contributed by atoms with E-state index in [9.17, 15) is 27.0 Å². The number of rotatable bonds is 6. The molecule has 0 aliphatic rings. The van der Waals surface area contributed by atoms with Crippen LogP contribution in [0.2, 0.25) is 0 Å². The van der Waals surface area contributed by atoms with Crippen molar-refractivity contribution in [2.45, 2.75) is 37.5 Å². The quantitative estimate of drug-likeness (QED) is 0.467. The largest absolute Gasteiger partial charge is 0.416 e. The zero-order chi connectivity index (χ0) is 26.7. The van der Waals surface area contributed by atoms with Gasteiger partial charge < -0.3 is 9.88 Å². The second-order valence-corrected chi connectivity index (χ2v) is 10.6. The van der Waals surface area contributed by atoms with Gasteiger partial charge >= 0.3 is 6.18 Å². The second-order valence-electron chi connectivity index (χ2n) is 8.35. The highest BCUT2D eigenvalue weighted by Crippen LogP contribution is 2.31. The van der Waals surface area contributed by atoms with Gasteiger partial charge in [-0.15, -0.1) is 4.36 Å². The number of hydrogen-bond donors (Lipinski definition) is 1. The van der Waals surface area contributed by atoms with Crippen molar-refractivity contribution >= 4 is 15.6 Å². The molecule has 3 rings (SSSR count). The van der Waals surface area contributed by atoms with Crippen molar-refractivity contribution in [1.82, 2.24) is 9.88 Å². The number of pyridine rings is 1. The van der Waals surface area contributed by atoms with Gasteiger partial charge in [-0.1, -0.05) is 24.3 Å². The number of aromatic nitrogens is 1. The Balaban J connectivity index is 1.92. The van der Waals surface area contributed by atoms with Gasteiger partial charge in [0.1, 0.15) is 5.56 Å². The van der Waals surface area contributed by atoms with E-state index in [1.54, 1.807) is 16.7 Å². The van der Waals surface area contributed by atoms with Gasteiger partial charge in [0.05, 0.1) is 15.3 Å². The molecule has 188 valence electrons. The van der Waals surface area contributed by atoms with Gasteiger partial charge in [-0.3, -0.25) is 9.59 Å². The molecule has 1 aromatic heterocycles. The maximum atomic E-state index is 13.2. The fraction of sp³-hybridized carbons (Fsp3) is 0.240. The molecule has 2 aromatic carbocycles. The van der Waals surface area contributed by atoms with Gasteiger partial charge in [-0.25, -0.2) is 4.21 Å². The average molecular weight is 517 g/mol. The standard InChI is InChI=1S/C25H23F3N4O3S/c1-16(2)32-13-21(18-5-4-6-19(11-18)25(26,27)28)23(33)22(14-32)24(34)30-12-17-7-9-20(10-8-17)36(3,35)31-15-29/h4-11,13-14,16H,12H2,1-3H3,(H,30,34). The van der Waals surface area contributed by atoms with Crippen molar-refractivity contribution in [2.24, 2.45) is 4.36 Å². The second kappa shape index (κ2) is 10.4. The molecule has 0 bridgehead atoms. The number of nitrogens with zero attached hydrogens (tertiary/aromatic N) is 3. The third kappa shape index (κ3) is 6.01. The molecule has 0 aliphatic heterocycles. The monoisotopic (exact) mass is 516 g/mol. The first-order chi connectivity index (χ1) is 16.8. The summed E-state index contributed by atoms with van der Waals surface area (Å²) in [6.07, 6.45) is 1.10. The van der Waals surface area contributed by atoms with Crippen molar-refractivity contribution in [3.05, 3.63) is 87.8 Å². The molecule has 1 amide bonds. The zero-order valence-corrected chi connectivity index (χ0v) is 20.5. The molecular formula is C25H23F3N4O3S. The van der Waals surface area contributed by atoms with Gasteiger partial charge in [0, 0.05) is 41.7 Å². The summed E-state index contributed by atoms with van der Waals surface area (Å²) >= 11 is 0. The van der Waals surface area contributed by atoms with E-state index in [2.05, 4.69) is 9.68 Å². The number of carbonyl (C=O) groups is 1. The highest BCUT2D eigenvalue weighted by atomic mass is 32.2. The van der Waals surface area contributed by atoms with E-state index in [0.29, 0.717) is 10.5 Å². The number of halogens is 3.